The maximum absolute atomic E-state index is 13.5. The lowest BCUT2D eigenvalue weighted by Gasteiger charge is -2.09. The van der Waals surface area contributed by atoms with Gasteiger partial charge in [0.25, 0.3) is 0 Å². The molecule has 7 heteroatoms. The van der Waals surface area contributed by atoms with Crippen molar-refractivity contribution in [2.45, 2.75) is 64.5 Å². The van der Waals surface area contributed by atoms with Gasteiger partial charge in [0.1, 0.15) is 4.88 Å². The highest BCUT2D eigenvalue weighted by molar-refractivity contribution is 7.21. The molecule has 2 aromatic rings. The largest absolute Gasteiger partial charge is 0.461 e. The van der Waals surface area contributed by atoms with E-state index < -0.39 is 22.6 Å². The molecule has 1 aromatic carbocycles. The van der Waals surface area contributed by atoms with Gasteiger partial charge < -0.3 is 4.74 Å². The molecule has 2 nitrogen and oxygen atoms in total. The number of carbonyl (C=O) groups excluding carboxylic acids is 1. The van der Waals surface area contributed by atoms with E-state index in [1.165, 1.54) is 43.9 Å². The molecule has 0 amide bonds. The maximum Gasteiger partial charge on any atom is 0.418 e. The summed E-state index contributed by atoms with van der Waals surface area (Å²) in [6.07, 6.45) is 4.04. The van der Waals surface area contributed by atoms with Crippen molar-refractivity contribution in [1.82, 2.24) is 0 Å². The number of benzene rings is 1. The summed E-state index contributed by atoms with van der Waals surface area (Å²) in [5, 5.41) is 0.312. The van der Waals surface area contributed by atoms with Crippen LogP contribution in [0.25, 0.3) is 10.1 Å². The summed E-state index contributed by atoms with van der Waals surface area (Å²) in [7, 11) is 0. The van der Waals surface area contributed by atoms with Crippen LogP contribution in [0.4, 0.5) is 13.2 Å². The van der Waals surface area contributed by atoms with Gasteiger partial charge in [-0.2, -0.15) is 13.2 Å². The van der Waals surface area contributed by atoms with Gasteiger partial charge in [0, 0.05) is 15.1 Å². The van der Waals surface area contributed by atoms with E-state index in [4.69, 9.17) is 16.3 Å². The molecule has 0 spiro atoms. The number of carbonyl (C=O) groups is 1. The van der Waals surface area contributed by atoms with Gasteiger partial charge in [-0.05, 0) is 18.6 Å². The Bertz CT molecular complexity index is 756. The summed E-state index contributed by atoms with van der Waals surface area (Å²) in [6, 6.07) is 4.12. The van der Waals surface area contributed by atoms with Crippen LogP contribution in [0.15, 0.2) is 18.2 Å². The first-order chi connectivity index (χ1) is 12.8. The van der Waals surface area contributed by atoms with Crippen LogP contribution in [0.5, 0.6) is 0 Å². The highest BCUT2D eigenvalue weighted by Crippen LogP contribution is 2.43. The lowest BCUT2D eigenvalue weighted by Crippen LogP contribution is -2.13. The van der Waals surface area contributed by atoms with Crippen molar-refractivity contribution in [3.8, 4) is 0 Å². The van der Waals surface area contributed by atoms with Gasteiger partial charge in [0.15, 0.2) is 0 Å². The normalized spacial score (nSPS) is 11.9. The van der Waals surface area contributed by atoms with Crippen LogP contribution in [-0.4, -0.2) is 12.6 Å². The SMILES string of the molecule is CCCCCCCCCCOC(=O)c1sc2cc(Cl)ccc2c1C(F)(F)F. The molecule has 0 saturated carbocycles. The van der Waals surface area contributed by atoms with Crippen molar-refractivity contribution in [1.29, 1.82) is 0 Å². The van der Waals surface area contributed by atoms with Gasteiger partial charge in [-0.15, -0.1) is 11.3 Å². The first-order valence-corrected chi connectivity index (χ1v) is 10.5. The minimum absolute atomic E-state index is 0.0177. The van der Waals surface area contributed by atoms with Crippen LogP contribution >= 0.6 is 22.9 Å². The molecule has 1 heterocycles. The fraction of sp³-hybridized carbons (Fsp3) is 0.550. The lowest BCUT2D eigenvalue weighted by atomic mass is 10.1. The fourth-order valence-corrected chi connectivity index (χ4v) is 4.35. The number of alkyl halides is 3. The third-order valence-electron chi connectivity index (χ3n) is 4.35. The number of ether oxygens (including phenoxy) is 1. The van der Waals surface area contributed by atoms with Crippen LogP contribution in [-0.2, 0) is 10.9 Å². The second-order valence-corrected chi connectivity index (χ2v) is 8.04. The number of fused-ring (bicyclic) bond motifs is 1. The summed E-state index contributed by atoms with van der Waals surface area (Å²) < 4.78 is 45.8. The minimum atomic E-state index is -4.63. The fourth-order valence-electron chi connectivity index (χ4n) is 2.96. The Balaban J connectivity index is 1.91. The molecule has 0 saturated heterocycles. The summed E-state index contributed by atoms with van der Waals surface area (Å²) in [6.45, 7) is 2.31. The smallest absolute Gasteiger partial charge is 0.418 e. The Hall–Kier alpha value is -1.27. The predicted molar refractivity (Wildman–Crippen MR) is 105 cm³/mol. The molecule has 27 heavy (non-hydrogen) atoms. The van der Waals surface area contributed by atoms with Gasteiger partial charge in [-0.1, -0.05) is 69.5 Å². The molecule has 2 rings (SSSR count). The van der Waals surface area contributed by atoms with E-state index in [9.17, 15) is 18.0 Å². The lowest BCUT2D eigenvalue weighted by molar-refractivity contribution is -0.136. The van der Waals surface area contributed by atoms with Crippen LogP contribution in [0, 0.1) is 0 Å². The topological polar surface area (TPSA) is 26.3 Å². The number of halogens is 4. The van der Waals surface area contributed by atoms with Gasteiger partial charge in [-0.3, -0.25) is 0 Å². The van der Waals surface area contributed by atoms with E-state index >= 15 is 0 Å². The molecule has 0 aliphatic carbocycles. The van der Waals surface area contributed by atoms with Crippen molar-refractivity contribution < 1.29 is 22.7 Å². The Morgan fingerprint density at radius 3 is 2.33 bits per heavy atom. The van der Waals surface area contributed by atoms with Gasteiger partial charge >= 0.3 is 12.1 Å². The first kappa shape index (κ1) is 22.0. The monoisotopic (exact) mass is 420 g/mol. The number of hydrogen-bond acceptors (Lipinski definition) is 3. The molecular formula is C20H24ClF3O2S. The molecule has 0 aliphatic heterocycles. The van der Waals surface area contributed by atoms with Crippen LogP contribution in [0.2, 0.25) is 5.02 Å². The quantitative estimate of drug-likeness (QED) is 0.288. The van der Waals surface area contributed by atoms with Gasteiger partial charge in [-0.25, -0.2) is 4.79 Å². The number of esters is 1. The average molecular weight is 421 g/mol. The van der Waals surface area contributed by atoms with E-state index in [2.05, 4.69) is 6.92 Å². The minimum Gasteiger partial charge on any atom is -0.461 e. The van der Waals surface area contributed by atoms with Crippen molar-refractivity contribution in [2.75, 3.05) is 6.61 Å². The highest BCUT2D eigenvalue weighted by atomic mass is 35.5. The molecule has 0 fully saturated rings. The third-order valence-corrected chi connectivity index (χ3v) is 5.72. The number of unbranched alkanes of at least 4 members (excludes halogenated alkanes) is 7. The summed E-state index contributed by atoms with van der Waals surface area (Å²) >= 11 is 6.63. The second-order valence-electron chi connectivity index (χ2n) is 6.56. The maximum atomic E-state index is 13.5. The van der Waals surface area contributed by atoms with Crippen molar-refractivity contribution >= 4 is 39.0 Å². The molecule has 0 aliphatic rings. The molecular weight excluding hydrogens is 397 g/mol. The van der Waals surface area contributed by atoms with Crippen molar-refractivity contribution in [2.24, 2.45) is 0 Å². The third kappa shape index (κ3) is 6.39. The van der Waals surface area contributed by atoms with Crippen molar-refractivity contribution in [3.63, 3.8) is 0 Å². The molecule has 0 unspecified atom stereocenters. The predicted octanol–water partition coefficient (Wildman–Crippen LogP) is 7.87. The van der Waals surface area contributed by atoms with Crippen molar-refractivity contribution in [3.05, 3.63) is 33.7 Å². The van der Waals surface area contributed by atoms with Crippen LogP contribution in [0.1, 0.15) is 73.5 Å². The number of thiophene rings is 1. The van der Waals surface area contributed by atoms with E-state index in [1.54, 1.807) is 0 Å². The standard InChI is InChI=1S/C20H24ClF3O2S/c1-2-3-4-5-6-7-8-9-12-26-19(25)18-17(20(22,23)24)15-11-10-14(21)13-16(15)27-18/h10-11,13H,2-9,12H2,1H3. The first-order valence-electron chi connectivity index (χ1n) is 9.31. The highest BCUT2D eigenvalue weighted by Gasteiger charge is 2.39. The summed E-state index contributed by atoms with van der Waals surface area (Å²) in [5.74, 6) is -0.914. The zero-order chi connectivity index (χ0) is 19.9. The number of hydrogen-bond donors (Lipinski definition) is 0. The Kier molecular flexibility index (Phi) is 8.42. The molecule has 0 bridgehead atoms. The Morgan fingerprint density at radius 1 is 1.07 bits per heavy atom. The molecule has 0 radical (unpaired) electrons. The molecule has 150 valence electrons. The Morgan fingerprint density at radius 2 is 1.70 bits per heavy atom. The molecule has 1 aromatic heterocycles. The van der Waals surface area contributed by atoms with Crippen LogP contribution < -0.4 is 0 Å². The van der Waals surface area contributed by atoms with E-state index in [-0.39, 0.29) is 12.0 Å². The average Bonchev–Trinajstić information content (AvgIpc) is 2.99. The zero-order valence-electron chi connectivity index (χ0n) is 15.3. The van der Waals surface area contributed by atoms with E-state index in [0.29, 0.717) is 16.1 Å². The summed E-state index contributed by atoms with van der Waals surface area (Å²) in [4.78, 5) is 11.8. The van der Waals surface area contributed by atoms with Crippen LogP contribution in [0.3, 0.4) is 0 Å². The van der Waals surface area contributed by atoms with E-state index in [0.717, 1.165) is 30.6 Å². The van der Waals surface area contributed by atoms with E-state index in [1.807, 2.05) is 0 Å². The van der Waals surface area contributed by atoms with Gasteiger partial charge in [0.05, 0.1) is 12.2 Å². The second kappa shape index (κ2) is 10.3. The number of rotatable bonds is 10. The van der Waals surface area contributed by atoms with Gasteiger partial charge in [0.2, 0.25) is 0 Å². The Labute approximate surface area is 166 Å². The summed E-state index contributed by atoms with van der Waals surface area (Å²) in [5.41, 5.74) is -0.930. The molecule has 0 atom stereocenters. The zero-order valence-corrected chi connectivity index (χ0v) is 16.9. The molecule has 0 N–H and O–H groups in total.